The van der Waals surface area contributed by atoms with Crippen molar-refractivity contribution in [2.45, 2.75) is 176 Å². The molecule has 4 amide bonds. The number of aliphatic hydroxyl groups excluding tert-OH is 6. The van der Waals surface area contributed by atoms with E-state index in [0.29, 0.717) is 6.42 Å². The van der Waals surface area contributed by atoms with E-state index in [1.807, 2.05) is 13.8 Å². The van der Waals surface area contributed by atoms with E-state index in [2.05, 4.69) is 21.3 Å². The topological polar surface area (TPSA) is 440 Å². The van der Waals surface area contributed by atoms with Gasteiger partial charge < -0.3 is 107 Å². The molecule has 8 aliphatic rings. The summed E-state index contributed by atoms with van der Waals surface area (Å²) in [6, 6.07) is 13.5. The fraction of sp³-hybridized carbons (Fsp3) is 0.478. The molecule has 0 radical (unpaired) electrons. The van der Waals surface area contributed by atoms with Gasteiger partial charge in [0.15, 0.2) is 29.7 Å². The van der Waals surface area contributed by atoms with Crippen molar-refractivity contribution < 1.29 is 103 Å². The molecule has 5 aromatic carbocycles. The van der Waals surface area contributed by atoms with Gasteiger partial charge in [0.1, 0.15) is 53.5 Å². The van der Waals surface area contributed by atoms with Gasteiger partial charge in [-0.3, -0.25) is 28.8 Å². The minimum atomic E-state index is -2.68. The Morgan fingerprint density at radius 3 is 2.05 bits per heavy atom. The number of nitrogens with two attached hydrogens (primary N) is 2. The van der Waals surface area contributed by atoms with Crippen LogP contribution in [0.5, 0.6) is 34.5 Å². The molecule has 2 saturated heterocycles. The Bertz CT molecular complexity index is 3930. The van der Waals surface area contributed by atoms with Gasteiger partial charge in [-0.2, -0.15) is 0 Å². The van der Waals surface area contributed by atoms with Gasteiger partial charge in [0, 0.05) is 54.8 Å². The lowest BCUT2D eigenvalue weighted by Crippen LogP contribution is -2.64. The zero-order chi connectivity index (χ0) is 70.7. The predicted octanol–water partition coefficient (Wildman–Crippen LogP) is 3.46. The number of phenols is 1. The highest BCUT2D eigenvalue weighted by molar-refractivity contribution is 6.32. The van der Waals surface area contributed by atoms with Crippen molar-refractivity contribution in [1.29, 1.82) is 0 Å². The summed E-state index contributed by atoms with van der Waals surface area (Å²) in [4.78, 5) is 88.0. The SMILES string of the molecule is CNC(CC(C)C)C(=O)NC1C(=O)CC(CC(N)=O)C(=O)NC2CCC3C(=O)CC(C(=O)NCc4cc(O)cc5c4-c4cc3ccc4C5(O)O)C(O)c3ccc(c(Cl)c3)Oc3cc2cc(c3OC2OC(CO)C(O)C(O)C2OC2CC(C)(N)C(O)C(C)O2)Oc2ccc(cc2Cl)C1O. The molecule has 1 aliphatic carbocycles. The Morgan fingerprint density at radius 1 is 0.786 bits per heavy atom. The standard InChI is InChI=1S/C69H80Cl2N6O21/c1-28(2)14-45(74-5)66(90)77-56-47(81)19-34(22-53(72)82)64(88)76-44-11-9-37-30-6-10-40-38(16-30)55-35(15-36(79)23-41(55)69(40,91)92)26-75-65(89)39(24-46(37)80)57(83)31-7-12-48(42(70)17-31)94-50-20-33(44)21-51(95-49-13-8-32(58(56)84)18-43(49)71)61(50)98-67-62(60(86)59(85)52(27-78)96-67)97-54-25-68(4,73)63(87)29(3)93-54/h6-8,10,12-13,15-18,20-21,23,28-29,34,37,39,44-45,52,54,56-60,62-63,67,74,78-79,83-87,91-92H,9,11,14,19,22,24-27,73H2,1-5H3,(H2,72,82)(H,75,89)(H,76,88)(H,77,90). The van der Waals surface area contributed by atoms with Gasteiger partial charge >= 0.3 is 0 Å². The van der Waals surface area contributed by atoms with Gasteiger partial charge in [0.2, 0.25) is 41.5 Å². The molecule has 98 heavy (non-hydrogen) atoms. The number of ether oxygens (including phenoxy) is 6. The summed E-state index contributed by atoms with van der Waals surface area (Å²) in [5.41, 5.74) is 12.0. The Morgan fingerprint density at radius 2 is 1.44 bits per heavy atom. The van der Waals surface area contributed by atoms with Gasteiger partial charge in [-0.1, -0.05) is 61.3 Å². The van der Waals surface area contributed by atoms with Crippen molar-refractivity contribution in [3.63, 3.8) is 0 Å². The van der Waals surface area contributed by atoms with Crippen LogP contribution in [0.15, 0.2) is 78.9 Å². The summed E-state index contributed by atoms with van der Waals surface area (Å²) in [6.07, 6.45) is -18.7. The molecule has 0 spiro atoms. The first-order chi connectivity index (χ1) is 46.3. The number of hydrogen-bond acceptors (Lipinski definition) is 23. The van der Waals surface area contributed by atoms with E-state index in [9.17, 15) is 65.1 Å². The summed E-state index contributed by atoms with van der Waals surface area (Å²) in [5.74, 6) is -14.1. The summed E-state index contributed by atoms with van der Waals surface area (Å²) in [7, 11) is 1.54. The summed E-state index contributed by atoms with van der Waals surface area (Å²) < 4.78 is 38.9. The quantitative estimate of drug-likeness (QED) is 0.0795. The Balaban J connectivity index is 1.13. The number of amides is 4. The van der Waals surface area contributed by atoms with Crippen LogP contribution in [0.3, 0.4) is 0 Å². The van der Waals surface area contributed by atoms with Crippen LogP contribution >= 0.6 is 23.2 Å². The second-order valence-electron chi connectivity index (χ2n) is 26.9. The van der Waals surface area contributed by atoms with E-state index in [1.165, 1.54) is 72.8 Å². The second kappa shape index (κ2) is 28.7. The van der Waals surface area contributed by atoms with E-state index >= 15 is 9.59 Å². The van der Waals surface area contributed by atoms with Crippen molar-refractivity contribution in [2.24, 2.45) is 29.2 Å². The van der Waals surface area contributed by atoms with Crippen molar-refractivity contribution in [3.8, 4) is 45.6 Å². The normalized spacial score (nSPS) is 30.4. The third-order valence-electron chi connectivity index (χ3n) is 19.3. The zero-order valence-electron chi connectivity index (χ0n) is 54.0. The fourth-order valence-corrected chi connectivity index (χ4v) is 14.4. The number of aromatic hydroxyl groups is 1. The molecule has 7 aliphatic heterocycles. The zero-order valence-corrected chi connectivity index (χ0v) is 55.5. The van der Waals surface area contributed by atoms with E-state index in [-0.39, 0.29) is 121 Å². The maximum Gasteiger partial charge on any atom is 0.237 e. The average molecular weight is 1400 g/mol. The highest BCUT2D eigenvalue weighted by Crippen LogP contribution is 2.53. The van der Waals surface area contributed by atoms with E-state index in [4.69, 9.17) is 63.1 Å². The number of rotatable bonds is 12. The third-order valence-corrected chi connectivity index (χ3v) is 19.8. The molecule has 27 nitrogen and oxygen atoms in total. The highest BCUT2D eigenvalue weighted by atomic mass is 35.5. The van der Waals surface area contributed by atoms with Crippen LogP contribution in [-0.2, 0) is 55.3 Å². The number of Topliss-reactive ketones (excluding diaryl/α,β-unsaturated/α-hetero) is 2. The van der Waals surface area contributed by atoms with Crippen molar-refractivity contribution in [3.05, 3.63) is 128 Å². The number of ketones is 2. The van der Waals surface area contributed by atoms with Crippen LogP contribution in [-0.4, -0.2) is 162 Å². The molecule has 526 valence electrons. The molecule has 13 rings (SSSR count). The maximum absolute atomic E-state index is 15.6. The van der Waals surface area contributed by atoms with Crippen molar-refractivity contribution in [2.75, 3.05) is 13.7 Å². The van der Waals surface area contributed by atoms with Crippen molar-refractivity contribution >= 4 is 58.4 Å². The number of primary amides is 1. The highest BCUT2D eigenvalue weighted by Gasteiger charge is 2.52. The smallest absolute Gasteiger partial charge is 0.237 e. The van der Waals surface area contributed by atoms with E-state index < -0.39 is 175 Å². The first-order valence-electron chi connectivity index (χ1n) is 32.3. The van der Waals surface area contributed by atoms with Crippen LogP contribution in [0, 0.1) is 17.8 Å². The number of carbonyl (C=O) groups is 6. The minimum absolute atomic E-state index is 0.0196. The van der Waals surface area contributed by atoms with Crippen LogP contribution in [0.1, 0.15) is 136 Å². The van der Waals surface area contributed by atoms with E-state index in [1.54, 1.807) is 27.0 Å². The molecule has 17 N–H and O–H groups in total. The van der Waals surface area contributed by atoms with Gasteiger partial charge in [-0.25, -0.2) is 0 Å². The summed E-state index contributed by atoms with van der Waals surface area (Å²) >= 11 is 14.3. The summed E-state index contributed by atoms with van der Waals surface area (Å²) in [5, 5.41) is 115. The van der Waals surface area contributed by atoms with Crippen LogP contribution in [0.25, 0.3) is 11.1 Å². The van der Waals surface area contributed by atoms with Gasteiger partial charge in [-0.15, -0.1) is 0 Å². The van der Waals surface area contributed by atoms with E-state index in [0.717, 1.165) is 0 Å². The number of benzene rings is 5. The number of aliphatic hydroxyl groups is 8. The Kier molecular flexibility index (Phi) is 21.0. The predicted molar refractivity (Wildman–Crippen MR) is 348 cm³/mol. The van der Waals surface area contributed by atoms with Crippen molar-refractivity contribution in [1.82, 2.24) is 21.3 Å². The van der Waals surface area contributed by atoms with Crippen LogP contribution in [0.4, 0.5) is 0 Å². The lowest BCUT2D eigenvalue weighted by molar-refractivity contribution is -0.333. The number of carbonyl (C=O) groups excluding carboxylic acids is 6. The number of hydrogen-bond donors (Lipinski definition) is 15. The monoisotopic (exact) mass is 1400 g/mol. The molecule has 0 aromatic heterocycles. The molecular weight excluding hydrogens is 1320 g/mol. The number of halogens is 2. The van der Waals surface area contributed by atoms with Gasteiger partial charge in [0.25, 0.3) is 0 Å². The van der Waals surface area contributed by atoms with Crippen LogP contribution < -0.4 is 46.9 Å². The first kappa shape index (κ1) is 71.9. The molecule has 11 bridgehead atoms. The third kappa shape index (κ3) is 14.5. The molecule has 0 saturated carbocycles. The molecule has 5 aromatic rings. The Labute approximate surface area is 572 Å². The molecule has 17 atom stereocenters. The minimum Gasteiger partial charge on any atom is -0.508 e. The summed E-state index contributed by atoms with van der Waals surface area (Å²) in [6.45, 7) is 5.65. The second-order valence-corrected chi connectivity index (χ2v) is 27.7. The van der Waals surface area contributed by atoms with Crippen LogP contribution in [0.2, 0.25) is 10.0 Å². The maximum atomic E-state index is 15.6. The number of likely N-dealkylation sites (N-methyl/N-ethyl adjacent to an activating group) is 1. The largest absolute Gasteiger partial charge is 0.508 e. The molecular formula is C69H80Cl2N6O21. The molecule has 29 heteroatoms. The van der Waals surface area contributed by atoms with Gasteiger partial charge in [0.05, 0.1) is 58.9 Å². The lowest BCUT2D eigenvalue weighted by Gasteiger charge is -2.47. The first-order valence-corrected chi connectivity index (χ1v) is 33.0. The fourth-order valence-electron chi connectivity index (χ4n) is 14.0. The molecule has 7 heterocycles. The number of nitrogens with one attached hydrogen (secondary N) is 4. The molecule has 17 unspecified atom stereocenters. The Hall–Kier alpha value is -7.42. The number of fused-ring (bicyclic) bond motifs is 12. The molecule has 2 fully saturated rings. The number of phenolic OH excluding ortho intramolecular Hbond substituents is 1. The van der Waals surface area contributed by atoms with Gasteiger partial charge in [-0.05, 0) is 140 Å². The lowest BCUT2D eigenvalue weighted by atomic mass is 9.80. The average Bonchev–Trinajstić information content (AvgIpc) is 1.56.